The summed E-state index contributed by atoms with van der Waals surface area (Å²) in [6, 6.07) is 0. The molecule has 0 spiro atoms. The van der Waals surface area contributed by atoms with Gasteiger partial charge in [-0.05, 0) is 46.6 Å². The average Bonchev–Trinajstić information content (AvgIpc) is 2.23. The van der Waals surface area contributed by atoms with Gasteiger partial charge in [0.1, 0.15) is 5.60 Å². The Morgan fingerprint density at radius 3 is 2.88 bits per heavy atom. The molecule has 0 aliphatic carbocycles. The third-order valence-electron chi connectivity index (χ3n) is 2.50. The van der Waals surface area contributed by atoms with Crippen molar-refractivity contribution in [3.63, 3.8) is 0 Å². The van der Waals surface area contributed by atoms with Crippen LogP contribution in [0.2, 0.25) is 0 Å². The molecule has 1 aliphatic heterocycles. The molecule has 4 heteroatoms. The van der Waals surface area contributed by atoms with E-state index in [2.05, 4.69) is 16.7 Å². The summed E-state index contributed by atoms with van der Waals surface area (Å²) in [6.45, 7) is 8.34. The maximum Gasteiger partial charge on any atom is 0.407 e. The number of carbonyl (C=O) groups is 1. The zero-order valence-corrected chi connectivity index (χ0v) is 11.1. The third kappa shape index (κ3) is 7.00. The standard InChI is InChI=1S/C13H24N2O2/c1-13(2,3)17-12(16)15-8-4-5-11-6-9-14-10-7-11/h6,14H,4-5,7-10H2,1-3H3,(H,15,16). The Morgan fingerprint density at radius 2 is 2.29 bits per heavy atom. The summed E-state index contributed by atoms with van der Waals surface area (Å²) in [6.07, 6.45) is 5.10. The number of ether oxygens (including phenoxy) is 1. The van der Waals surface area contributed by atoms with Crippen molar-refractivity contribution < 1.29 is 9.53 Å². The van der Waals surface area contributed by atoms with Crippen LogP contribution < -0.4 is 10.6 Å². The van der Waals surface area contributed by atoms with Crippen molar-refractivity contribution in [2.75, 3.05) is 19.6 Å². The molecule has 1 heterocycles. The van der Waals surface area contributed by atoms with Crippen molar-refractivity contribution in [3.05, 3.63) is 11.6 Å². The Hall–Kier alpha value is -1.03. The van der Waals surface area contributed by atoms with E-state index in [1.807, 2.05) is 20.8 Å². The quantitative estimate of drug-likeness (QED) is 0.585. The fourth-order valence-corrected chi connectivity index (χ4v) is 1.72. The second kappa shape index (κ2) is 6.64. The molecule has 98 valence electrons. The maximum atomic E-state index is 11.4. The molecule has 1 aliphatic rings. The predicted octanol–water partition coefficient (Wildman–Crippen LogP) is 2.21. The van der Waals surface area contributed by atoms with E-state index in [0.717, 1.165) is 32.4 Å². The molecule has 1 rings (SSSR count). The van der Waals surface area contributed by atoms with Gasteiger partial charge < -0.3 is 15.4 Å². The normalized spacial score (nSPS) is 16.3. The van der Waals surface area contributed by atoms with E-state index in [1.54, 1.807) is 0 Å². The van der Waals surface area contributed by atoms with Crippen LogP contribution in [0.4, 0.5) is 4.79 Å². The Kier molecular flexibility index (Phi) is 5.48. The second-order valence-electron chi connectivity index (χ2n) is 5.35. The summed E-state index contributed by atoms with van der Waals surface area (Å²) in [5.41, 5.74) is 1.08. The van der Waals surface area contributed by atoms with Gasteiger partial charge in [0.2, 0.25) is 0 Å². The molecule has 0 bridgehead atoms. The largest absolute Gasteiger partial charge is 0.444 e. The van der Waals surface area contributed by atoms with Crippen molar-refractivity contribution >= 4 is 6.09 Å². The summed E-state index contributed by atoms with van der Waals surface area (Å²) < 4.78 is 5.16. The van der Waals surface area contributed by atoms with Crippen LogP contribution in [-0.4, -0.2) is 31.3 Å². The molecule has 0 saturated heterocycles. The summed E-state index contributed by atoms with van der Waals surface area (Å²) in [5, 5.41) is 6.06. The number of rotatable bonds is 4. The molecule has 2 N–H and O–H groups in total. The fourth-order valence-electron chi connectivity index (χ4n) is 1.72. The van der Waals surface area contributed by atoms with Crippen LogP contribution >= 0.6 is 0 Å². The van der Waals surface area contributed by atoms with E-state index in [4.69, 9.17) is 4.74 Å². The minimum atomic E-state index is -0.415. The molecular formula is C13H24N2O2. The fraction of sp³-hybridized carbons (Fsp3) is 0.769. The SMILES string of the molecule is CC(C)(C)OC(=O)NCCCC1=CCNCC1. The van der Waals surface area contributed by atoms with Gasteiger partial charge in [0.25, 0.3) is 0 Å². The van der Waals surface area contributed by atoms with Crippen molar-refractivity contribution in [2.45, 2.75) is 45.6 Å². The highest BCUT2D eigenvalue weighted by molar-refractivity contribution is 5.67. The first kappa shape index (κ1) is 14.0. The highest BCUT2D eigenvalue weighted by Gasteiger charge is 2.15. The Bertz CT molecular complexity index is 280. The van der Waals surface area contributed by atoms with E-state index in [1.165, 1.54) is 5.57 Å². The van der Waals surface area contributed by atoms with Crippen LogP contribution in [0.1, 0.15) is 40.0 Å². The topological polar surface area (TPSA) is 50.4 Å². The summed E-state index contributed by atoms with van der Waals surface area (Å²) in [5.74, 6) is 0. The second-order valence-corrected chi connectivity index (χ2v) is 5.35. The van der Waals surface area contributed by atoms with Gasteiger partial charge in [0.05, 0.1) is 0 Å². The van der Waals surface area contributed by atoms with Gasteiger partial charge in [-0.1, -0.05) is 11.6 Å². The van der Waals surface area contributed by atoms with E-state index in [-0.39, 0.29) is 6.09 Å². The first-order valence-corrected chi connectivity index (χ1v) is 6.33. The lowest BCUT2D eigenvalue weighted by Crippen LogP contribution is -2.33. The van der Waals surface area contributed by atoms with E-state index in [0.29, 0.717) is 6.54 Å². The summed E-state index contributed by atoms with van der Waals surface area (Å²) >= 11 is 0. The average molecular weight is 240 g/mol. The van der Waals surface area contributed by atoms with Gasteiger partial charge >= 0.3 is 6.09 Å². The molecule has 1 amide bonds. The van der Waals surface area contributed by atoms with Crippen LogP contribution in [0, 0.1) is 0 Å². The van der Waals surface area contributed by atoms with Crippen LogP contribution in [-0.2, 0) is 4.74 Å². The number of carbonyl (C=O) groups excluding carboxylic acids is 1. The number of nitrogens with one attached hydrogen (secondary N) is 2. The van der Waals surface area contributed by atoms with Gasteiger partial charge in [0, 0.05) is 13.1 Å². The molecule has 0 aromatic rings. The van der Waals surface area contributed by atoms with Gasteiger partial charge in [-0.25, -0.2) is 4.79 Å². The summed E-state index contributed by atoms with van der Waals surface area (Å²) in [4.78, 5) is 11.4. The van der Waals surface area contributed by atoms with Crippen molar-refractivity contribution in [2.24, 2.45) is 0 Å². The maximum absolute atomic E-state index is 11.4. The molecule has 4 nitrogen and oxygen atoms in total. The lowest BCUT2D eigenvalue weighted by molar-refractivity contribution is 0.0527. The van der Waals surface area contributed by atoms with E-state index in [9.17, 15) is 4.79 Å². The highest BCUT2D eigenvalue weighted by Crippen LogP contribution is 2.11. The molecule has 0 atom stereocenters. The molecule has 0 unspecified atom stereocenters. The van der Waals surface area contributed by atoms with E-state index < -0.39 is 5.60 Å². The molecule has 0 saturated carbocycles. The summed E-state index contributed by atoms with van der Waals surface area (Å²) in [7, 11) is 0. The van der Waals surface area contributed by atoms with Crippen LogP contribution in [0.25, 0.3) is 0 Å². The van der Waals surface area contributed by atoms with Crippen LogP contribution in [0.3, 0.4) is 0 Å². The van der Waals surface area contributed by atoms with E-state index >= 15 is 0 Å². The monoisotopic (exact) mass is 240 g/mol. The van der Waals surface area contributed by atoms with Gasteiger partial charge in [-0.2, -0.15) is 0 Å². The third-order valence-corrected chi connectivity index (χ3v) is 2.50. The molecule has 0 radical (unpaired) electrons. The molecule has 0 fully saturated rings. The number of alkyl carbamates (subject to hydrolysis) is 1. The highest BCUT2D eigenvalue weighted by atomic mass is 16.6. The minimum absolute atomic E-state index is 0.322. The van der Waals surface area contributed by atoms with Crippen molar-refractivity contribution in [1.82, 2.24) is 10.6 Å². The van der Waals surface area contributed by atoms with Crippen molar-refractivity contribution in [1.29, 1.82) is 0 Å². The van der Waals surface area contributed by atoms with Crippen molar-refractivity contribution in [3.8, 4) is 0 Å². The number of hydrogen-bond donors (Lipinski definition) is 2. The Labute approximate surface area is 104 Å². The van der Waals surface area contributed by atoms with Crippen LogP contribution in [0.15, 0.2) is 11.6 Å². The predicted molar refractivity (Wildman–Crippen MR) is 69.0 cm³/mol. The lowest BCUT2D eigenvalue weighted by atomic mass is 10.0. The zero-order valence-electron chi connectivity index (χ0n) is 11.1. The Morgan fingerprint density at radius 1 is 1.53 bits per heavy atom. The van der Waals surface area contributed by atoms with Gasteiger partial charge in [0.15, 0.2) is 0 Å². The molecular weight excluding hydrogens is 216 g/mol. The molecule has 0 aromatic heterocycles. The molecule has 0 aromatic carbocycles. The Balaban J connectivity index is 2.07. The smallest absolute Gasteiger partial charge is 0.407 e. The number of amides is 1. The number of hydrogen-bond acceptors (Lipinski definition) is 3. The van der Waals surface area contributed by atoms with Crippen LogP contribution in [0.5, 0.6) is 0 Å². The first-order chi connectivity index (χ1) is 7.97. The minimum Gasteiger partial charge on any atom is -0.444 e. The lowest BCUT2D eigenvalue weighted by Gasteiger charge is -2.19. The van der Waals surface area contributed by atoms with Gasteiger partial charge in [-0.3, -0.25) is 0 Å². The zero-order chi connectivity index (χ0) is 12.7. The van der Waals surface area contributed by atoms with Gasteiger partial charge in [-0.15, -0.1) is 0 Å². The molecule has 17 heavy (non-hydrogen) atoms. The first-order valence-electron chi connectivity index (χ1n) is 6.33.